The molecule has 1 N–H and O–H groups in total. The lowest BCUT2D eigenvalue weighted by atomic mass is 10.1. The van der Waals surface area contributed by atoms with Crippen LogP contribution >= 0.6 is 11.3 Å². The third kappa shape index (κ3) is 6.49. The minimum absolute atomic E-state index is 0.240. The molecule has 1 atom stereocenters. The maximum atomic E-state index is 11.5. The van der Waals surface area contributed by atoms with Crippen LogP contribution < -0.4 is 5.32 Å². The van der Waals surface area contributed by atoms with Crippen LogP contribution in [0.1, 0.15) is 37.4 Å². The minimum atomic E-state index is -2.84. The smallest absolute Gasteiger partial charge is 0.150 e. The number of rotatable bonds is 9. The Bertz CT molecular complexity index is 469. The van der Waals surface area contributed by atoms with E-state index in [1.165, 1.54) is 0 Å². The Labute approximate surface area is 120 Å². The fourth-order valence-corrected chi connectivity index (χ4v) is 3.53. The third-order valence-electron chi connectivity index (χ3n) is 3.06. The SMILES string of the molecule is CCNC(CCCS(=O)(=O)CC)Cc1csc(C)n1. The molecule has 0 aliphatic rings. The molecular weight excluding hydrogens is 280 g/mol. The van der Waals surface area contributed by atoms with Crippen LogP contribution in [0.15, 0.2) is 5.38 Å². The number of nitrogens with zero attached hydrogens (tertiary/aromatic N) is 1. The molecule has 0 saturated carbocycles. The van der Waals surface area contributed by atoms with Crippen molar-refractivity contribution in [3.63, 3.8) is 0 Å². The van der Waals surface area contributed by atoms with Gasteiger partial charge in [0.05, 0.1) is 16.5 Å². The van der Waals surface area contributed by atoms with E-state index in [1.807, 2.05) is 6.92 Å². The molecule has 0 aliphatic carbocycles. The standard InChI is InChI=1S/C13H24N2O2S2/c1-4-14-12(7-6-8-19(16,17)5-2)9-13-10-18-11(3)15-13/h10,12,14H,4-9H2,1-3H3. The van der Waals surface area contributed by atoms with Crippen LogP contribution in [0.25, 0.3) is 0 Å². The van der Waals surface area contributed by atoms with Gasteiger partial charge in [0.25, 0.3) is 0 Å². The molecule has 0 aromatic carbocycles. The highest BCUT2D eigenvalue weighted by molar-refractivity contribution is 7.91. The van der Waals surface area contributed by atoms with Crippen molar-refractivity contribution in [2.75, 3.05) is 18.1 Å². The van der Waals surface area contributed by atoms with Crippen LogP contribution in [0, 0.1) is 6.92 Å². The van der Waals surface area contributed by atoms with Crippen molar-refractivity contribution < 1.29 is 8.42 Å². The normalized spacial score (nSPS) is 13.6. The Balaban J connectivity index is 2.44. The van der Waals surface area contributed by atoms with Gasteiger partial charge in [0.15, 0.2) is 0 Å². The number of sulfone groups is 1. The Morgan fingerprint density at radius 3 is 2.68 bits per heavy atom. The highest BCUT2D eigenvalue weighted by atomic mass is 32.2. The van der Waals surface area contributed by atoms with Gasteiger partial charge < -0.3 is 5.32 Å². The molecule has 0 fully saturated rings. The van der Waals surface area contributed by atoms with Crippen molar-refractivity contribution >= 4 is 21.2 Å². The molecule has 0 bridgehead atoms. The van der Waals surface area contributed by atoms with Crippen LogP contribution in [0.4, 0.5) is 0 Å². The van der Waals surface area contributed by atoms with Gasteiger partial charge in [-0.05, 0) is 26.3 Å². The first kappa shape index (κ1) is 16.6. The number of nitrogens with one attached hydrogen (secondary N) is 1. The molecule has 1 aromatic heterocycles. The van der Waals surface area contributed by atoms with Gasteiger partial charge in [0, 0.05) is 23.6 Å². The molecule has 1 unspecified atom stereocenters. The van der Waals surface area contributed by atoms with E-state index in [1.54, 1.807) is 18.3 Å². The topological polar surface area (TPSA) is 59.1 Å². The van der Waals surface area contributed by atoms with E-state index < -0.39 is 9.84 Å². The molecule has 0 aliphatic heterocycles. The van der Waals surface area contributed by atoms with E-state index in [-0.39, 0.29) is 5.75 Å². The summed E-state index contributed by atoms with van der Waals surface area (Å²) >= 11 is 1.66. The van der Waals surface area contributed by atoms with E-state index in [4.69, 9.17) is 0 Å². The fourth-order valence-electron chi connectivity index (χ4n) is 2.01. The van der Waals surface area contributed by atoms with Crippen molar-refractivity contribution in [2.45, 2.75) is 46.1 Å². The first-order valence-corrected chi connectivity index (χ1v) is 9.51. The number of hydrogen-bond donors (Lipinski definition) is 1. The zero-order valence-corrected chi connectivity index (χ0v) is 13.6. The summed E-state index contributed by atoms with van der Waals surface area (Å²) in [6.07, 6.45) is 2.48. The largest absolute Gasteiger partial charge is 0.314 e. The number of thiazole rings is 1. The van der Waals surface area contributed by atoms with E-state index in [2.05, 4.69) is 22.6 Å². The highest BCUT2D eigenvalue weighted by Gasteiger charge is 2.13. The van der Waals surface area contributed by atoms with Gasteiger partial charge in [-0.15, -0.1) is 11.3 Å². The molecule has 4 nitrogen and oxygen atoms in total. The third-order valence-corrected chi connectivity index (χ3v) is 5.68. The quantitative estimate of drug-likeness (QED) is 0.760. The first-order valence-electron chi connectivity index (χ1n) is 6.81. The van der Waals surface area contributed by atoms with E-state index in [9.17, 15) is 8.42 Å². The van der Waals surface area contributed by atoms with Crippen molar-refractivity contribution in [1.29, 1.82) is 0 Å². The molecule has 110 valence electrons. The summed E-state index contributed by atoms with van der Waals surface area (Å²) in [7, 11) is -2.84. The number of aromatic nitrogens is 1. The lowest BCUT2D eigenvalue weighted by molar-refractivity contribution is 0.481. The Hall–Kier alpha value is -0.460. The van der Waals surface area contributed by atoms with Gasteiger partial charge in [-0.25, -0.2) is 13.4 Å². The van der Waals surface area contributed by atoms with E-state index in [0.29, 0.717) is 11.8 Å². The van der Waals surface area contributed by atoms with E-state index >= 15 is 0 Å². The van der Waals surface area contributed by atoms with Gasteiger partial charge >= 0.3 is 0 Å². The summed E-state index contributed by atoms with van der Waals surface area (Å²) in [5.41, 5.74) is 1.10. The Morgan fingerprint density at radius 2 is 2.16 bits per heavy atom. The molecule has 0 radical (unpaired) electrons. The monoisotopic (exact) mass is 304 g/mol. The molecule has 0 spiro atoms. The minimum Gasteiger partial charge on any atom is -0.314 e. The second kappa shape index (κ2) is 7.97. The molecule has 6 heteroatoms. The summed E-state index contributed by atoms with van der Waals surface area (Å²) in [6.45, 7) is 6.68. The summed E-state index contributed by atoms with van der Waals surface area (Å²) in [5.74, 6) is 0.533. The molecule has 1 rings (SSSR count). The zero-order valence-electron chi connectivity index (χ0n) is 12.0. The average molecular weight is 304 g/mol. The highest BCUT2D eigenvalue weighted by Crippen LogP contribution is 2.12. The predicted octanol–water partition coefficient (Wildman–Crippen LogP) is 2.19. The maximum absolute atomic E-state index is 11.5. The van der Waals surface area contributed by atoms with Crippen molar-refractivity contribution in [3.8, 4) is 0 Å². The van der Waals surface area contributed by atoms with Crippen molar-refractivity contribution in [2.24, 2.45) is 0 Å². The Morgan fingerprint density at radius 1 is 1.42 bits per heavy atom. The molecular formula is C13H24N2O2S2. The van der Waals surface area contributed by atoms with Gasteiger partial charge in [-0.1, -0.05) is 13.8 Å². The number of hydrogen-bond acceptors (Lipinski definition) is 5. The molecule has 0 saturated heterocycles. The number of aryl methyl sites for hydroxylation is 1. The van der Waals surface area contributed by atoms with Crippen LogP contribution in [0.3, 0.4) is 0 Å². The number of likely N-dealkylation sites (N-methyl/N-ethyl adjacent to an activating group) is 1. The van der Waals surface area contributed by atoms with Crippen molar-refractivity contribution in [1.82, 2.24) is 10.3 Å². The van der Waals surface area contributed by atoms with Crippen molar-refractivity contribution in [3.05, 3.63) is 16.1 Å². The zero-order chi connectivity index (χ0) is 14.3. The molecule has 1 aromatic rings. The van der Waals surface area contributed by atoms with Gasteiger partial charge in [-0.2, -0.15) is 0 Å². The van der Waals surface area contributed by atoms with Crippen LogP contribution in [-0.2, 0) is 16.3 Å². The average Bonchev–Trinajstić information content (AvgIpc) is 2.75. The predicted molar refractivity (Wildman–Crippen MR) is 81.6 cm³/mol. The molecule has 19 heavy (non-hydrogen) atoms. The Kier molecular flexibility index (Phi) is 6.96. The van der Waals surface area contributed by atoms with E-state index in [0.717, 1.165) is 36.5 Å². The van der Waals surface area contributed by atoms with Crippen LogP contribution in [0.5, 0.6) is 0 Å². The maximum Gasteiger partial charge on any atom is 0.150 e. The summed E-state index contributed by atoms with van der Waals surface area (Å²) in [6, 6.07) is 0.318. The van der Waals surface area contributed by atoms with Gasteiger partial charge in [0.1, 0.15) is 9.84 Å². The molecule has 0 amide bonds. The molecule has 1 heterocycles. The van der Waals surface area contributed by atoms with Crippen LogP contribution in [0.2, 0.25) is 0 Å². The lowest BCUT2D eigenvalue weighted by Crippen LogP contribution is -2.31. The summed E-state index contributed by atoms with van der Waals surface area (Å²) < 4.78 is 22.9. The summed E-state index contributed by atoms with van der Waals surface area (Å²) in [5, 5.41) is 6.58. The van der Waals surface area contributed by atoms with Gasteiger partial charge in [0.2, 0.25) is 0 Å². The van der Waals surface area contributed by atoms with Gasteiger partial charge in [-0.3, -0.25) is 0 Å². The fraction of sp³-hybridized carbons (Fsp3) is 0.769. The summed E-state index contributed by atoms with van der Waals surface area (Å²) in [4.78, 5) is 4.47. The lowest BCUT2D eigenvalue weighted by Gasteiger charge is -2.16. The second-order valence-corrected chi connectivity index (χ2v) is 8.23. The second-order valence-electron chi connectivity index (χ2n) is 4.70. The van der Waals surface area contributed by atoms with Crippen LogP contribution in [-0.4, -0.2) is 37.5 Å². The first-order chi connectivity index (χ1) is 8.96.